The summed E-state index contributed by atoms with van der Waals surface area (Å²) in [5.74, 6) is 0.899. The number of carbonyl (C=O) groups excluding carboxylic acids is 2. The van der Waals surface area contributed by atoms with Crippen LogP contribution in [0.4, 0.5) is 0 Å². The Hall–Kier alpha value is -3.10. The zero-order valence-electron chi connectivity index (χ0n) is 21.6. The van der Waals surface area contributed by atoms with E-state index in [2.05, 4.69) is 10.6 Å². The number of nitrogens with one attached hydrogen (secondary N) is 2. The molecule has 0 radical (unpaired) electrons. The van der Waals surface area contributed by atoms with Gasteiger partial charge in [-0.3, -0.25) is 9.59 Å². The van der Waals surface area contributed by atoms with Crippen LogP contribution < -0.4 is 20.1 Å². The molecule has 2 rings (SSSR count). The van der Waals surface area contributed by atoms with Gasteiger partial charge in [-0.1, -0.05) is 49.9 Å². The Kier molecular flexibility index (Phi) is 14.7. The van der Waals surface area contributed by atoms with E-state index in [9.17, 15) is 9.59 Å². The van der Waals surface area contributed by atoms with Crippen LogP contribution in [0.2, 0.25) is 0 Å². The van der Waals surface area contributed by atoms with Crippen LogP contribution in [0.3, 0.4) is 0 Å². The predicted octanol–water partition coefficient (Wildman–Crippen LogP) is 4.24. The molecule has 0 aliphatic carbocycles. The lowest BCUT2D eigenvalue weighted by molar-refractivity contribution is 0.0936. The number of methoxy groups -OCH3 is 2. The summed E-state index contributed by atoms with van der Waals surface area (Å²) in [5, 5.41) is 5.95. The van der Waals surface area contributed by atoms with E-state index in [-0.39, 0.29) is 11.8 Å². The van der Waals surface area contributed by atoms with E-state index in [0.29, 0.717) is 62.1 Å². The molecule has 0 aliphatic heterocycles. The van der Waals surface area contributed by atoms with Crippen LogP contribution >= 0.6 is 0 Å². The van der Waals surface area contributed by atoms with Crippen molar-refractivity contribution in [3.63, 3.8) is 0 Å². The molecule has 0 bridgehead atoms. The molecule has 0 saturated carbocycles. The van der Waals surface area contributed by atoms with Crippen molar-refractivity contribution in [2.75, 3.05) is 53.7 Å². The Labute approximate surface area is 214 Å². The van der Waals surface area contributed by atoms with E-state index in [0.717, 1.165) is 38.5 Å². The van der Waals surface area contributed by atoms with Gasteiger partial charge in [0.1, 0.15) is 24.7 Å². The molecule has 0 spiro atoms. The largest absolute Gasteiger partial charge is 0.490 e. The minimum absolute atomic E-state index is 0.121. The van der Waals surface area contributed by atoms with Crippen molar-refractivity contribution >= 4 is 11.8 Å². The maximum atomic E-state index is 12.5. The molecule has 2 aromatic carbocycles. The van der Waals surface area contributed by atoms with Crippen LogP contribution in [0.1, 0.15) is 59.2 Å². The smallest absolute Gasteiger partial charge is 0.255 e. The van der Waals surface area contributed by atoms with Gasteiger partial charge >= 0.3 is 0 Å². The van der Waals surface area contributed by atoms with E-state index < -0.39 is 0 Å². The summed E-state index contributed by atoms with van der Waals surface area (Å²) in [6.45, 7) is 3.02. The van der Waals surface area contributed by atoms with Gasteiger partial charge in [0.05, 0.1) is 24.3 Å². The lowest BCUT2D eigenvalue weighted by atomic mass is 10.1. The Morgan fingerprint density at radius 1 is 0.583 bits per heavy atom. The van der Waals surface area contributed by atoms with Gasteiger partial charge < -0.3 is 29.6 Å². The summed E-state index contributed by atoms with van der Waals surface area (Å²) in [4.78, 5) is 25.0. The minimum atomic E-state index is -0.121. The van der Waals surface area contributed by atoms with Gasteiger partial charge in [0.2, 0.25) is 0 Å². The molecule has 8 nitrogen and oxygen atoms in total. The maximum Gasteiger partial charge on any atom is 0.255 e. The van der Waals surface area contributed by atoms with Crippen molar-refractivity contribution in [3.05, 3.63) is 59.7 Å². The Bertz CT molecular complexity index is 832. The number of ether oxygens (including phenoxy) is 4. The fraction of sp³-hybridized carbons (Fsp3) is 0.500. The van der Waals surface area contributed by atoms with Crippen molar-refractivity contribution in [2.24, 2.45) is 0 Å². The minimum Gasteiger partial charge on any atom is -0.490 e. The molecule has 0 heterocycles. The standard InChI is InChI=1S/C28H40N2O6/c1-33-19-21-35-25-15-9-7-13-23(25)27(31)29-17-11-5-3-4-6-12-18-30-28(32)24-14-8-10-16-26(24)36-22-20-34-2/h7-10,13-16H,3-6,11-12,17-22H2,1-2H3,(H,29,31)(H,30,32). The van der Waals surface area contributed by atoms with Crippen molar-refractivity contribution in [2.45, 2.75) is 38.5 Å². The zero-order valence-corrected chi connectivity index (χ0v) is 21.6. The summed E-state index contributed by atoms with van der Waals surface area (Å²) in [7, 11) is 3.23. The van der Waals surface area contributed by atoms with Gasteiger partial charge in [-0.2, -0.15) is 0 Å². The summed E-state index contributed by atoms with van der Waals surface area (Å²) in [6, 6.07) is 14.5. The molecule has 0 aliphatic rings. The van der Waals surface area contributed by atoms with E-state index in [1.807, 2.05) is 24.3 Å². The fourth-order valence-corrected chi connectivity index (χ4v) is 3.58. The van der Waals surface area contributed by atoms with E-state index in [1.54, 1.807) is 38.5 Å². The number of unbranched alkanes of at least 4 members (excludes halogenated alkanes) is 5. The first-order valence-electron chi connectivity index (χ1n) is 12.6. The summed E-state index contributed by atoms with van der Waals surface area (Å²) < 4.78 is 21.3. The quantitative estimate of drug-likeness (QED) is 0.280. The lowest BCUT2D eigenvalue weighted by Crippen LogP contribution is -2.25. The van der Waals surface area contributed by atoms with Crippen molar-refractivity contribution in [1.82, 2.24) is 10.6 Å². The number of benzene rings is 2. The van der Waals surface area contributed by atoms with Crippen molar-refractivity contribution < 1.29 is 28.5 Å². The first kappa shape index (κ1) is 29.1. The first-order chi connectivity index (χ1) is 17.7. The summed E-state index contributed by atoms with van der Waals surface area (Å²) >= 11 is 0. The molecule has 0 saturated heterocycles. The van der Waals surface area contributed by atoms with Crippen molar-refractivity contribution in [3.8, 4) is 11.5 Å². The van der Waals surface area contributed by atoms with Gasteiger partial charge in [0.15, 0.2) is 0 Å². The third kappa shape index (κ3) is 11.1. The zero-order chi connectivity index (χ0) is 25.8. The fourth-order valence-electron chi connectivity index (χ4n) is 3.58. The third-order valence-corrected chi connectivity index (χ3v) is 5.53. The first-order valence-corrected chi connectivity index (χ1v) is 12.6. The molecule has 198 valence electrons. The van der Waals surface area contributed by atoms with E-state index in [4.69, 9.17) is 18.9 Å². The molecule has 0 atom stereocenters. The highest BCUT2D eigenvalue weighted by molar-refractivity contribution is 5.97. The number of para-hydroxylation sites is 2. The summed E-state index contributed by atoms with van der Waals surface area (Å²) in [6.07, 6.45) is 6.13. The Balaban J connectivity index is 1.54. The van der Waals surface area contributed by atoms with Crippen LogP contribution in [0, 0.1) is 0 Å². The van der Waals surface area contributed by atoms with Gasteiger partial charge in [-0.25, -0.2) is 0 Å². The monoisotopic (exact) mass is 500 g/mol. The van der Waals surface area contributed by atoms with Gasteiger partial charge in [-0.05, 0) is 37.1 Å². The van der Waals surface area contributed by atoms with Gasteiger partial charge in [0, 0.05) is 27.3 Å². The molecule has 2 N–H and O–H groups in total. The van der Waals surface area contributed by atoms with Crippen molar-refractivity contribution in [1.29, 1.82) is 0 Å². The second-order valence-electron chi connectivity index (χ2n) is 8.31. The molecule has 8 heteroatoms. The SMILES string of the molecule is COCCOc1ccccc1C(=O)NCCCCCCCCNC(=O)c1ccccc1OCCOC. The average molecular weight is 501 g/mol. The average Bonchev–Trinajstić information content (AvgIpc) is 2.90. The van der Waals surface area contributed by atoms with Crippen LogP contribution in [-0.2, 0) is 9.47 Å². The highest BCUT2D eigenvalue weighted by Crippen LogP contribution is 2.19. The molecule has 2 amide bonds. The highest BCUT2D eigenvalue weighted by Gasteiger charge is 2.12. The molecule has 0 unspecified atom stereocenters. The normalized spacial score (nSPS) is 10.6. The molecular formula is C28H40N2O6. The molecular weight excluding hydrogens is 460 g/mol. The lowest BCUT2D eigenvalue weighted by Gasteiger charge is -2.12. The van der Waals surface area contributed by atoms with E-state index in [1.165, 1.54) is 0 Å². The van der Waals surface area contributed by atoms with Crippen LogP contribution in [-0.4, -0.2) is 65.6 Å². The van der Waals surface area contributed by atoms with Gasteiger partial charge in [-0.15, -0.1) is 0 Å². The Morgan fingerprint density at radius 3 is 1.39 bits per heavy atom. The maximum absolute atomic E-state index is 12.5. The van der Waals surface area contributed by atoms with E-state index >= 15 is 0 Å². The molecule has 0 aromatic heterocycles. The second-order valence-corrected chi connectivity index (χ2v) is 8.31. The number of rotatable bonds is 19. The topological polar surface area (TPSA) is 95.1 Å². The molecule has 0 fully saturated rings. The van der Waals surface area contributed by atoms with Gasteiger partial charge in [0.25, 0.3) is 11.8 Å². The number of amides is 2. The van der Waals surface area contributed by atoms with Crippen LogP contribution in [0.15, 0.2) is 48.5 Å². The number of hydrogen-bond donors (Lipinski definition) is 2. The Morgan fingerprint density at radius 2 is 0.972 bits per heavy atom. The third-order valence-electron chi connectivity index (χ3n) is 5.53. The van der Waals surface area contributed by atoms with Crippen LogP contribution in [0.25, 0.3) is 0 Å². The second kappa shape index (κ2) is 18.2. The number of carbonyl (C=O) groups is 2. The molecule has 2 aromatic rings. The summed E-state index contributed by atoms with van der Waals surface area (Å²) in [5.41, 5.74) is 1.08. The number of hydrogen-bond acceptors (Lipinski definition) is 6. The highest BCUT2D eigenvalue weighted by atomic mass is 16.5. The molecule has 36 heavy (non-hydrogen) atoms. The van der Waals surface area contributed by atoms with Crippen LogP contribution in [0.5, 0.6) is 11.5 Å². The predicted molar refractivity (Wildman–Crippen MR) is 140 cm³/mol.